The number of rotatable bonds is 8. The van der Waals surface area contributed by atoms with Crippen molar-refractivity contribution < 1.29 is 0 Å². The van der Waals surface area contributed by atoms with Crippen LogP contribution in [-0.2, 0) is 0 Å². The molecule has 1 aromatic carbocycles. The van der Waals surface area contributed by atoms with E-state index in [9.17, 15) is 5.26 Å². The molecule has 2 rings (SSSR count). The van der Waals surface area contributed by atoms with Crippen molar-refractivity contribution in [3.8, 4) is 6.07 Å². The number of unbranched alkanes of at least 4 members (excludes halogenated alkanes) is 1. The zero-order chi connectivity index (χ0) is 13.5. The van der Waals surface area contributed by atoms with Gasteiger partial charge in [-0.25, -0.2) is 0 Å². The van der Waals surface area contributed by atoms with Gasteiger partial charge in [0.05, 0.1) is 6.07 Å². The molecule has 1 N–H and O–H groups in total. The second-order valence-electron chi connectivity index (χ2n) is 5.26. The highest BCUT2D eigenvalue weighted by Crippen LogP contribution is 2.20. The van der Waals surface area contributed by atoms with E-state index in [0.29, 0.717) is 6.04 Å². The average Bonchev–Trinajstić information content (AvgIpc) is 3.27. The van der Waals surface area contributed by atoms with Crippen LogP contribution in [0, 0.1) is 11.3 Å². The van der Waals surface area contributed by atoms with Crippen molar-refractivity contribution in [3.63, 3.8) is 0 Å². The lowest BCUT2D eigenvalue weighted by Gasteiger charge is -2.27. The molecule has 1 aromatic rings. The predicted molar refractivity (Wildman–Crippen MR) is 79.1 cm³/mol. The Morgan fingerprint density at radius 2 is 2.11 bits per heavy atom. The summed E-state index contributed by atoms with van der Waals surface area (Å²) < 4.78 is 0. The maximum atomic E-state index is 9.28. The monoisotopic (exact) mass is 257 g/mol. The maximum Gasteiger partial charge on any atom is 0.113 e. The minimum atomic E-state index is -0.0652. The first-order chi connectivity index (χ1) is 9.33. The van der Waals surface area contributed by atoms with Crippen molar-refractivity contribution in [3.05, 3.63) is 30.3 Å². The van der Waals surface area contributed by atoms with Crippen molar-refractivity contribution in [2.45, 2.75) is 44.7 Å². The second kappa shape index (κ2) is 7.16. The van der Waals surface area contributed by atoms with Crippen LogP contribution in [0.5, 0.6) is 0 Å². The Kier molecular flexibility index (Phi) is 5.23. The van der Waals surface area contributed by atoms with Gasteiger partial charge in [-0.2, -0.15) is 5.26 Å². The molecule has 0 bridgehead atoms. The van der Waals surface area contributed by atoms with Crippen LogP contribution in [0.3, 0.4) is 0 Å². The molecule has 19 heavy (non-hydrogen) atoms. The lowest BCUT2D eigenvalue weighted by Crippen LogP contribution is -2.41. The van der Waals surface area contributed by atoms with E-state index in [1.165, 1.54) is 24.9 Å². The van der Waals surface area contributed by atoms with Crippen LogP contribution in [0.25, 0.3) is 0 Å². The highest BCUT2D eigenvalue weighted by Gasteiger charge is 2.25. The van der Waals surface area contributed by atoms with Gasteiger partial charge in [-0.05, 0) is 31.4 Å². The smallest absolute Gasteiger partial charge is 0.113 e. The van der Waals surface area contributed by atoms with Gasteiger partial charge >= 0.3 is 0 Å². The molecular formula is C16H23N3. The molecule has 1 fully saturated rings. The summed E-state index contributed by atoms with van der Waals surface area (Å²) in [5, 5.41) is 12.7. The van der Waals surface area contributed by atoms with Crippen LogP contribution < -0.4 is 10.2 Å². The average molecular weight is 257 g/mol. The Morgan fingerprint density at radius 3 is 2.68 bits per heavy atom. The summed E-state index contributed by atoms with van der Waals surface area (Å²) in [4.78, 5) is 2.33. The molecule has 0 saturated heterocycles. The van der Waals surface area contributed by atoms with Gasteiger partial charge in [-0.3, -0.25) is 5.32 Å². The Bertz CT molecular complexity index is 406. The highest BCUT2D eigenvalue weighted by atomic mass is 15.2. The number of anilines is 1. The number of benzene rings is 1. The van der Waals surface area contributed by atoms with Gasteiger partial charge in [0.25, 0.3) is 0 Å². The molecule has 0 radical (unpaired) electrons. The predicted octanol–water partition coefficient (Wildman–Crippen LogP) is 2.94. The summed E-state index contributed by atoms with van der Waals surface area (Å²) >= 11 is 0. The fourth-order valence-electron chi connectivity index (χ4n) is 2.20. The van der Waals surface area contributed by atoms with E-state index in [-0.39, 0.29) is 6.04 Å². The Hall–Kier alpha value is -1.53. The molecule has 0 spiro atoms. The van der Waals surface area contributed by atoms with Crippen LogP contribution in [0.2, 0.25) is 0 Å². The molecule has 0 amide bonds. The van der Waals surface area contributed by atoms with Crippen LogP contribution in [0.15, 0.2) is 30.3 Å². The zero-order valence-electron chi connectivity index (χ0n) is 11.7. The summed E-state index contributed by atoms with van der Waals surface area (Å²) in [5.41, 5.74) is 1.22. The van der Waals surface area contributed by atoms with Gasteiger partial charge in [0.1, 0.15) is 6.04 Å². The minimum Gasteiger partial charge on any atom is -0.369 e. The van der Waals surface area contributed by atoms with E-state index >= 15 is 0 Å². The number of hydrogen-bond acceptors (Lipinski definition) is 3. The standard InChI is InChI=1S/C16H23N3/c1-2-3-11-19(16-7-5-4-6-8-16)13-15(12-17)18-14-9-10-14/h4-8,14-15,18H,2-3,9-11,13H2,1H3. The number of hydrogen-bond donors (Lipinski definition) is 1. The fraction of sp³-hybridized carbons (Fsp3) is 0.562. The van der Waals surface area contributed by atoms with Crippen LogP contribution in [0.1, 0.15) is 32.6 Å². The van der Waals surface area contributed by atoms with Crippen molar-refractivity contribution in [1.82, 2.24) is 5.32 Å². The minimum absolute atomic E-state index is 0.0652. The third-order valence-electron chi connectivity index (χ3n) is 3.48. The van der Waals surface area contributed by atoms with Crippen LogP contribution in [0.4, 0.5) is 5.69 Å². The third-order valence-corrected chi connectivity index (χ3v) is 3.48. The molecule has 3 heteroatoms. The van der Waals surface area contributed by atoms with Gasteiger partial charge in [0.15, 0.2) is 0 Å². The molecule has 1 aliphatic rings. The van der Waals surface area contributed by atoms with Crippen LogP contribution in [-0.4, -0.2) is 25.2 Å². The van der Waals surface area contributed by atoms with Crippen molar-refractivity contribution in [1.29, 1.82) is 5.26 Å². The number of para-hydroxylation sites is 1. The van der Waals surface area contributed by atoms with E-state index in [0.717, 1.165) is 19.5 Å². The van der Waals surface area contributed by atoms with Crippen molar-refractivity contribution in [2.75, 3.05) is 18.0 Å². The molecule has 3 nitrogen and oxygen atoms in total. The summed E-state index contributed by atoms with van der Waals surface area (Å²) in [6, 6.07) is 13.3. The van der Waals surface area contributed by atoms with E-state index in [1.54, 1.807) is 0 Å². The van der Waals surface area contributed by atoms with Gasteiger partial charge in [0.2, 0.25) is 0 Å². The first kappa shape index (κ1) is 13.9. The molecule has 1 saturated carbocycles. The van der Waals surface area contributed by atoms with Gasteiger partial charge in [0, 0.05) is 24.8 Å². The van der Waals surface area contributed by atoms with Crippen molar-refractivity contribution >= 4 is 5.69 Å². The van der Waals surface area contributed by atoms with E-state index in [2.05, 4.69) is 47.5 Å². The quantitative estimate of drug-likeness (QED) is 0.778. The summed E-state index contributed by atoms with van der Waals surface area (Å²) in [7, 11) is 0. The van der Waals surface area contributed by atoms with Gasteiger partial charge < -0.3 is 4.90 Å². The first-order valence-corrected chi connectivity index (χ1v) is 7.29. The lowest BCUT2D eigenvalue weighted by atomic mass is 10.2. The molecule has 0 aliphatic heterocycles. The summed E-state index contributed by atoms with van der Waals surface area (Å²) in [6.07, 6.45) is 4.78. The topological polar surface area (TPSA) is 39.1 Å². The molecular weight excluding hydrogens is 234 g/mol. The Morgan fingerprint density at radius 1 is 1.37 bits per heavy atom. The molecule has 1 aliphatic carbocycles. The van der Waals surface area contributed by atoms with E-state index in [4.69, 9.17) is 0 Å². The zero-order valence-corrected chi connectivity index (χ0v) is 11.7. The number of nitrogens with zero attached hydrogens (tertiary/aromatic N) is 2. The van der Waals surface area contributed by atoms with Gasteiger partial charge in [-0.15, -0.1) is 0 Å². The summed E-state index contributed by atoms with van der Waals surface area (Å²) in [5.74, 6) is 0. The normalized spacial score (nSPS) is 15.8. The molecule has 102 valence electrons. The molecule has 1 unspecified atom stereocenters. The second-order valence-corrected chi connectivity index (χ2v) is 5.26. The fourth-order valence-corrected chi connectivity index (χ4v) is 2.20. The Labute approximate surface area is 116 Å². The van der Waals surface area contributed by atoms with E-state index in [1.807, 2.05) is 6.07 Å². The number of nitrogens with one attached hydrogen (secondary N) is 1. The number of nitriles is 1. The SMILES string of the molecule is CCCCN(CC(C#N)NC1CC1)c1ccccc1. The lowest BCUT2D eigenvalue weighted by molar-refractivity contribution is 0.572. The molecule has 0 aromatic heterocycles. The van der Waals surface area contributed by atoms with E-state index < -0.39 is 0 Å². The highest BCUT2D eigenvalue weighted by molar-refractivity contribution is 5.46. The Balaban J connectivity index is 1.97. The largest absolute Gasteiger partial charge is 0.369 e. The molecule has 1 atom stereocenters. The first-order valence-electron chi connectivity index (χ1n) is 7.29. The maximum absolute atomic E-state index is 9.28. The van der Waals surface area contributed by atoms with Crippen molar-refractivity contribution in [2.24, 2.45) is 0 Å². The third kappa shape index (κ3) is 4.57. The van der Waals surface area contributed by atoms with Crippen LogP contribution >= 0.6 is 0 Å². The summed E-state index contributed by atoms with van der Waals surface area (Å²) in [6.45, 7) is 4.00. The molecule has 0 heterocycles. The van der Waals surface area contributed by atoms with Gasteiger partial charge in [-0.1, -0.05) is 31.5 Å².